The molecule has 0 bridgehead atoms. The number of amides is 1. The molecule has 2 aliphatic heterocycles. The number of carbonyl (C=O) groups excluding carboxylic acids is 1. The van der Waals surface area contributed by atoms with Crippen LogP contribution in [0.15, 0.2) is 47.4 Å². The Bertz CT molecular complexity index is 1060. The molecule has 0 saturated carbocycles. The Hall–Kier alpha value is -2.29. The Morgan fingerprint density at radius 2 is 1.97 bits per heavy atom. The minimum Gasteiger partial charge on any atom is -0.381 e. The molecule has 0 spiro atoms. The van der Waals surface area contributed by atoms with Crippen LogP contribution >= 0.6 is 0 Å². The molecule has 4 rings (SSSR count). The van der Waals surface area contributed by atoms with Gasteiger partial charge in [0.05, 0.1) is 4.90 Å². The lowest BCUT2D eigenvalue weighted by atomic mass is 9.74. The summed E-state index contributed by atoms with van der Waals surface area (Å²) in [5.74, 6) is -0.451. The Labute approximate surface area is 176 Å². The summed E-state index contributed by atoms with van der Waals surface area (Å²) in [6.45, 7) is 3.16. The molecule has 8 heteroatoms. The number of hydrogen-bond acceptors (Lipinski definition) is 4. The van der Waals surface area contributed by atoms with Gasteiger partial charge in [-0.1, -0.05) is 18.2 Å². The number of ether oxygens (including phenoxy) is 1. The van der Waals surface area contributed by atoms with Crippen molar-refractivity contribution in [3.8, 4) is 0 Å². The van der Waals surface area contributed by atoms with E-state index >= 15 is 0 Å². The summed E-state index contributed by atoms with van der Waals surface area (Å²) < 4.78 is 48.2. The third-order valence-corrected chi connectivity index (χ3v) is 7.53. The van der Waals surface area contributed by atoms with E-state index in [2.05, 4.69) is 4.72 Å². The molecule has 2 aromatic carbocycles. The molecular weight excluding hydrogens is 407 g/mol. The number of nitrogens with zero attached hydrogens (tertiary/aromatic N) is 1. The lowest BCUT2D eigenvalue weighted by molar-refractivity contribution is -0.116. The van der Waals surface area contributed by atoms with Crippen LogP contribution in [0.4, 0.5) is 10.1 Å². The molecule has 1 amide bonds. The van der Waals surface area contributed by atoms with Crippen LogP contribution in [0.2, 0.25) is 0 Å². The van der Waals surface area contributed by atoms with Gasteiger partial charge >= 0.3 is 0 Å². The normalized spacial score (nSPS) is 18.3. The van der Waals surface area contributed by atoms with Gasteiger partial charge in [0, 0.05) is 44.3 Å². The zero-order valence-electron chi connectivity index (χ0n) is 16.9. The first kappa shape index (κ1) is 21.0. The van der Waals surface area contributed by atoms with E-state index in [4.69, 9.17) is 4.74 Å². The van der Waals surface area contributed by atoms with Gasteiger partial charge in [0.1, 0.15) is 5.82 Å². The summed E-state index contributed by atoms with van der Waals surface area (Å²) in [5.41, 5.74) is 1.85. The monoisotopic (exact) mass is 432 g/mol. The predicted molar refractivity (Wildman–Crippen MR) is 111 cm³/mol. The van der Waals surface area contributed by atoms with E-state index in [1.807, 2.05) is 6.07 Å². The van der Waals surface area contributed by atoms with Crippen LogP contribution in [0.3, 0.4) is 0 Å². The van der Waals surface area contributed by atoms with E-state index in [9.17, 15) is 17.6 Å². The first-order valence-electron chi connectivity index (χ1n) is 10.1. The van der Waals surface area contributed by atoms with E-state index in [1.54, 1.807) is 29.2 Å². The third kappa shape index (κ3) is 3.99. The van der Waals surface area contributed by atoms with Crippen LogP contribution in [0.5, 0.6) is 0 Å². The number of sulfonamides is 1. The van der Waals surface area contributed by atoms with Gasteiger partial charge in [-0.3, -0.25) is 4.79 Å². The van der Waals surface area contributed by atoms with Gasteiger partial charge < -0.3 is 9.64 Å². The van der Waals surface area contributed by atoms with E-state index in [-0.39, 0.29) is 23.2 Å². The maximum atomic E-state index is 13.9. The van der Waals surface area contributed by atoms with E-state index < -0.39 is 15.4 Å². The van der Waals surface area contributed by atoms with Crippen molar-refractivity contribution in [3.63, 3.8) is 0 Å². The van der Waals surface area contributed by atoms with Gasteiger partial charge in [-0.25, -0.2) is 17.5 Å². The molecule has 2 heterocycles. The topological polar surface area (TPSA) is 75.7 Å². The van der Waals surface area contributed by atoms with Crippen LogP contribution in [0, 0.1) is 5.82 Å². The van der Waals surface area contributed by atoms with Crippen LogP contribution < -0.4 is 9.62 Å². The molecule has 0 aliphatic carbocycles. The third-order valence-electron chi connectivity index (χ3n) is 6.13. The molecule has 2 aromatic rings. The van der Waals surface area contributed by atoms with Crippen LogP contribution in [-0.2, 0) is 31.4 Å². The summed E-state index contributed by atoms with van der Waals surface area (Å²) in [7, 11) is -3.81. The van der Waals surface area contributed by atoms with Crippen molar-refractivity contribution < 1.29 is 22.3 Å². The van der Waals surface area contributed by atoms with Crippen LogP contribution in [0.25, 0.3) is 0 Å². The molecule has 6 nitrogen and oxygen atoms in total. The number of hydrogen-bond donors (Lipinski definition) is 1. The highest BCUT2D eigenvalue weighted by molar-refractivity contribution is 7.89. The van der Waals surface area contributed by atoms with Gasteiger partial charge in [-0.05, 0) is 54.7 Å². The highest BCUT2D eigenvalue weighted by Crippen LogP contribution is 2.35. The zero-order chi connectivity index (χ0) is 21.4. The average molecular weight is 433 g/mol. The SMILES string of the molecule is CC(=O)N1CCc2ccc(S(=O)(=O)NCC3(c4cccc(F)c4)CCOCC3)cc21. The van der Waals surface area contributed by atoms with E-state index in [0.29, 0.717) is 44.7 Å². The van der Waals surface area contributed by atoms with Crippen molar-refractivity contribution in [2.24, 2.45) is 0 Å². The van der Waals surface area contributed by atoms with Gasteiger partial charge in [0.15, 0.2) is 0 Å². The number of halogens is 1. The number of anilines is 1. The van der Waals surface area contributed by atoms with E-state index in [0.717, 1.165) is 11.1 Å². The van der Waals surface area contributed by atoms with Crippen molar-refractivity contribution in [3.05, 3.63) is 59.4 Å². The smallest absolute Gasteiger partial charge is 0.240 e. The fourth-order valence-corrected chi connectivity index (χ4v) is 5.46. The fourth-order valence-electron chi connectivity index (χ4n) is 4.32. The summed E-state index contributed by atoms with van der Waals surface area (Å²) in [6.07, 6.45) is 1.91. The summed E-state index contributed by atoms with van der Waals surface area (Å²) in [6, 6.07) is 11.2. The first-order valence-corrected chi connectivity index (χ1v) is 11.5. The van der Waals surface area contributed by atoms with Crippen LogP contribution in [0.1, 0.15) is 30.9 Å². The number of benzene rings is 2. The van der Waals surface area contributed by atoms with Gasteiger partial charge in [0.25, 0.3) is 0 Å². The van der Waals surface area contributed by atoms with Crippen molar-refractivity contribution in [1.82, 2.24) is 4.72 Å². The molecule has 160 valence electrons. The Balaban J connectivity index is 1.60. The fraction of sp³-hybridized carbons (Fsp3) is 0.409. The standard InChI is InChI=1S/C22H25FN2O4S/c1-16(26)25-10-7-17-5-6-20(14-21(17)25)30(27,28)24-15-22(8-11-29-12-9-22)18-3-2-4-19(23)13-18/h2-6,13-14,24H,7-12,15H2,1H3. The minimum atomic E-state index is -3.81. The first-order chi connectivity index (χ1) is 14.3. The van der Waals surface area contributed by atoms with Crippen molar-refractivity contribution in [2.75, 3.05) is 31.2 Å². The van der Waals surface area contributed by atoms with Gasteiger partial charge in [-0.2, -0.15) is 0 Å². The molecule has 0 aromatic heterocycles. The molecule has 1 N–H and O–H groups in total. The molecule has 30 heavy (non-hydrogen) atoms. The van der Waals surface area contributed by atoms with Gasteiger partial charge in [0.2, 0.25) is 15.9 Å². The highest BCUT2D eigenvalue weighted by Gasteiger charge is 2.36. The number of rotatable bonds is 5. The van der Waals surface area contributed by atoms with Crippen molar-refractivity contribution >= 4 is 21.6 Å². The Morgan fingerprint density at radius 1 is 1.20 bits per heavy atom. The maximum absolute atomic E-state index is 13.9. The summed E-state index contributed by atoms with van der Waals surface area (Å²) >= 11 is 0. The molecule has 2 aliphatic rings. The average Bonchev–Trinajstić information content (AvgIpc) is 3.17. The second kappa shape index (κ2) is 8.09. The number of fused-ring (bicyclic) bond motifs is 1. The lowest BCUT2D eigenvalue weighted by Gasteiger charge is -2.38. The number of nitrogens with one attached hydrogen (secondary N) is 1. The zero-order valence-corrected chi connectivity index (χ0v) is 17.7. The minimum absolute atomic E-state index is 0.108. The van der Waals surface area contributed by atoms with E-state index in [1.165, 1.54) is 19.1 Å². The van der Waals surface area contributed by atoms with Gasteiger partial charge in [-0.15, -0.1) is 0 Å². The lowest BCUT2D eigenvalue weighted by Crippen LogP contribution is -2.44. The maximum Gasteiger partial charge on any atom is 0.240 e. The number of carbonyl (C=O) groups is 1. The molecule has 0 radical (unpaired) electrons. The summed E-state index contributed by atoms with van der Waals surface area (Å²) in [4.78, 5) is 13.6. The highest BCUT2D eigenvalue weighted by atomic mass is 32.2. The van der Waals surface area contributed by atoms with Crippen LogP contribution in [-0.4, -0.2) is 40.6 Å². The predicted octanol–water partition coefficient (Wildman–Crippen LogP) is 2.76. The van der Waals surface area contributed by atoms with Crippen molar-refractivity contribution in [1.29, 1.82) is 0 Å². The second-order valence-corrected chi connectivity index (χ2v) is 9.71. The second-order valence-electron chi connectivity index (χ2n) is 7.94. The molecular formula is C22H25FN2O4S. The molecule has 0 unspecified atom stereocenters. The summed E-state index contributed by atoms with van der Waals surface area (Å²) in [5, 5.41) is 0. The largest absolute Gasteiger partial charge is 0.381 e. The molecule has 0 atom stereocenters. The van der Waals surface area contributed by atoms with Crippen molar-refractivity contribution in [2.45, 2.75) is 36.5 Å². The Kier molecular flexibility index (Phi) is 5.65. The molecule has 1 fully saturated rings. The Morgan fingerprint density at radius 3 is 2.67 bits per heavy atom. The molecule has 1 saturated heterocycles. The quantitative estimate of drug-likeness (QED) is 0.788.